The monoisotopic (exact) mass is 529 g/mol. The number of hydrogen-bond donors (Lipinski definition) is 2. The van der Waals surface area contributed by atoms with Gasteiger partial charge in [-0.2, -0.15) is 25.3 Å². The van der Waals surface area contributed by atoms with Gasteiger partial charge in [-0.05, 0) is 50.0 Å². The van der Waals surface area contributed by atoms with E-state index in [1.165, 1.54) is 0 Å². The molecular weight excluding hydrogens is 498 g/mol. The molecule has 3 atom stereocenters. The van der Waals surface area contributed by atoms with Crippen LogP contribution in [0.4, 0.5) is 5.95 Å². The van der Waals surface area contributed by atoms with Gasteiger partial charge < -0.3 is 19.7 Å². The molecule has 2 bridgehead atoms. The van der Waals surface area contributed by atoms with Crippen molar-refractivity contribution in [1.29, 1.82) is 5.26 Å². The standard InChI is InChI=1S/C27H31N9O3/c1-14-18-10-27(14,11-18)33-24(37)23-30-25(32-26(31-23)39-13-17-9-16(17)12-28)36-7-4-15(5-8-36)21-20-19(38-2)3-6-29-22(20)35-34-21/h3,6,14-18H,4-5,7-11,13H2,1-2H3,(H,33,37)(H,29,34,35)/t14-,16+,17-,18?,27?/m1/s1. The third-order valence-corrected chi connectivity index (χ3v) is 9.37. The van der Waals surface area contributed by atoms with Crippen molar-refractivity contribution >= 4 is 22.9 Å². The molecule has 4 aliphatic carbocycles. The Kier molecular flexibility index (Phi) is 5.57. The van der Waals surface area contributed by atoms with Crippen molar-refractivity contribution in [2.45, 2.75) is 50.5 Å². The molecule has 0 spiro atoms. The Bertz CT molecular complexity index is 1470. The lowest BCUT2D eigenvalue weighted by molar-refractivity contribution is -0.118. The van der Waals surface area contributed by atoms with Gasteiger partial charge in [0.1, 0.15) is 5.75 Å². The van der Waals surface area contributed by atoms with Crippen LogP contribution in [-0.2, 0) is 0 Å². The lowest BCUT2D eigenvalue weighted by Gasteiger charge is -2.67. The number of ether oxygens (including phenoxy) is 2. The summed E-state index contributed by atoms with van der Waals surface area (Å²) < 4.78 is 11.4. The second-order valence-corrected chi connectivity index (χ2v) is 11.5. The van der Waals surface area contributed by atoms with Crippen molar-refractivity contribution in [2.24, 2.45) is 23.7 Å². The first-order chi connectivity index (χ1) is 19.0. The Morgan fingerprint density at radius 3 is 2.77 bits per heavy atom. The predicted octanol–water partition coefficient (Wildman–Crippen LogP) is 2.60. The van der Waals surface area contributed by atoms with Gasteiger partial charge >= 0.3 is 6.01 Å². The van der Waals surface area contributed by atoms with E-state index in [0.717, 1.165) is 48.9 Å². The van der Waals surface area contributed by atoms with E-state index < -0.39 is 0 Å². The number of carbonyl (C=O) groups is 1. The van der Waals surface area contributed by atoms with Crippen LogP contribution in [0, 0.1) is 35.0 Å². The van der Waals surface area contributed by atoms with E-state index >= 15 is 0 Å². The van der Waals surface area contributed by atoms with E-state index in [0.29, 0.717) is 43.1 Å². The van der Waals surface area contributed by atoms with E-state index in [1.807, 2.05) is 6.07 Å². The van der Waals surface area contributed by atoms with E-state index in [4.69, 9.17) is 14.7 Å². The van der Waals surface area contributed by atoms with Crippen LogP contribution in [0.1, 0.15) is 61.3 Å². The van der Waals surface area contributed by atoms with Crippen LogP contribution in [0.15, 0.2) is 12.3 Å². The topological polar surface area (TPSA) is 155 Å². The fourth-order valence-electron chi connectivity index (χ4n) is 6.43. The normalized spacial score (nSPS) is 29.2. The molecule has 4 saturated carbocycles. The summed E-state index contributed by atoms with van der Waals surface area (Å²) in [6.07, 6.45) is 6.24. The van der Waals surface area contributed by atoms with Crippen LogP contribution in [0.25, 0.3) is 11.0 Å². The maximum atomic E-state index is 13.2. The van der Waals surface area contributed by atoms with Gasteiger partial charge in [-0.1, -0.05) is 6.92 Å². The number of nitriles is 1. The highest BCUT2D eigenvalue weighted by Crippen LogP contribution is 2.61. The first kappa shape index (κ1) is 24.1. The van der Waals surface area contributed by atoms with Crippen LogP contribution < -0.4 is 19.7 Å². The first-order valence-corrected chi connectivity index (χ1v) is 13.7. The maximum Gasteiger partial charge on any atom is 0.321 e. The van der Waals surface area contributed by atoms with E-state index in [2.05, 4.69) is 53.3 Å². The van der Waals surface area contributed by atoms with Gasteiger partial charge in [0.05, 0.1) is 36.8 Å². The predicted molar refractivity (Wildman–Crippen MR) is 139 cm³/mol. The average molecular weight is 530 g/mol. The van der Waals surface area contributed by atoms with Gasteiger partial charge in [0.25, 0.3) is 5.91 Å². The van der Waals surface area contributed by atoms with Gasteiger partial charge in [-0.3, -0.25) is 9.89 Å². The molecule has 202 valence electrons. The van der Waals surface area contributed by atoms with Crippen molar-refractivity contribution in [3.05, 3.63) is 23.8 Å². The molecule has 0 radical (unpaired) electrons. The highest BCUT2D eigenvalue weighted by molar-refractivity contribution is 5.91. The van der Waals surface area contributed by atoms with Gasteiger partial charge in [0.2, 0.25) is 11.8 Å². The van der Waals surface area contributed by atoms with Gasteiger partial charge in [0.15, 0.2) is 5.65 Å². The molecular formula is C27H31N9O3. The summed E-state index contributed by atoms with van der Waals surface area (Å²) >= 11 is 0. The molecule has 5 fully saturated rings. The van der Waals surface area contributed by atoms with E-state index in [-0.39, 0.29) is 41.0 Å². The quantitative estimate of drug-likeness (QED) is 0.445. The fraction of sp³-hybridized carbons (Fsp3) is 0.593. The van der Waals surface area contributed by atoms with Crippen molar-refractivity contribution in [1.82, 2.24) is 35.5 Å². The van der Waals surface area contributed by atoms with Crippen LogP contribution in [0.2, 0.25) is 0 Å². The number of fused-ring (bicyclic) bond motifs is 1. The number of amides is 1. The number of hydrogen-bond acceptors (Lipinski definition) is 10. The van der Waals surface area contributed by atoms with Crippen molar-refractivity contribution < 1.29 is 14.3 Å². The molecule has 1 saturated heterocycles. The number of nitrogens with zero attached hydrogens (tertiary/aromatic N) is 7. The summed E-state index contributed by atoms with van der Waals surface area (Å²) in [6.45, 7) is 3.93. The number of rotatable bonds is 8. The van der Waals surface area contributed by atoms with Crippen LogP contribution in [0.5, 0.6) is 11.8 Å². The summed E-state index contributed by atoms with van der Waals surface area (Å²) in [5.74, 6) is 2.64. The maximum absolute atomic E-state index is 13.2. The molecule has 12 nitrogen and oxygen atoms in total. The molecule has 12 heteroatoms. The molecule has 4 heterocycles. The number of H-pyrrole nitrogens is 1. The minimum absolute atomic E-state index is 0.0197. The molecule has 1 amide bonds. The average Bonchev–Trinajstić information content (AvgIpc) is 3.59. The number of anilines is 1. The highest BCUT2D eigenvalue weighted by Gasteiger charge is 2.63. The minimum atomic E-state index is -0.284. The summed E-state index contributed by atoms with van der Waals surface area (Å²) in [7, 11) is 1.65. The lowest BCUT2D eigenvalue weighted by Crippen LogP contribution is -2.74. The molecule has 8 rings (SSSR count). The summed E-state index contributed by atoms with van der Waals surface area (Å²) in [5.41, 5.74) is 1.55. The third-order valence-electron chi connectivity index (χ3n) is 9.37. The fourth-order valence-corrected chi connectivity index (χ4v) is 6.43. The van der Waals surface area contributed by atoms with Crippen LogP contribution >= 0.6 is 0 Å². The van der Waals surface area contributed by atoms with Crippen LogP contribution in [0.3, 0.4) is 0 Å². The SMILES string of the molecule is COc1ccnc2n[nH]c(C3CCN(c4nc(OC[C@H]5C[C@H]5C#N)nc(C(=O)NC56CC(C5)[C@H]6C)n4)CC3)c12. The Balaban J connectivity index is 1.10. The Labute approximate surface area is 225 Å². The van der Waals surface area contributed by atoms with Crippen molar-refractivity contribution in [3.8, 4) is 17.8 Å². The first-order valence-electron chi connectivity index (χ1n) is 13.7. The minimum Gasteiger partial charge on any atom is -0.496 e. The van der Waals surface area contributed by atoms with Gasteiger partial charge in [-0.15, -0.1) is 0 Å². The number of aromatic amines is 1. The molecule has 39 heavy (non-hydrogen) atoms. The number of methoxy groups -OCH3 is 1. The molecule has 0 aromatic carbocycles. The number of carbonyl (C=O) groups excluding carboxylic acids is 1. The molecule has 3 aromatic rings. The summed E-state index contributed by atoms with van der Waals surface area (Å²) in [4.78, 5) is 33.2. The zero-order valence-electron chi connectivity index (χ0n) is 22.1. The summed E-state index contributed by atoms with van der Waals surface area (Å²) in [5, 5.41) is 20.8. The molecule has 3 aromatic heterocycles. The largest absolute Gasteiger partial charge is 0.496 e. The summed E-state index contributed by atoms with van der Waals surface area (Å²) in [6, 6.07) is 4.26. The number of piperidine rings is 1. The van der Waals surface area contributed by atoms with Gasteiger partial charge in [-0.25, -0.2) is 4.98 Å². The van der Waals surface area contributed by atoms with E-state index in [1.54, 1.807) is 13.3 Å². The Hall–Kier alpha value is -4.01. The number of pyridine rings is 1. The second-order valence-electron chi connectivity index (χ2n) is 11.5. The molecule has 1 aliphatic heterocycles. The van der Waals surface area contributed by atoms with Crippen molar-refractivity contribution in [3.63, 3.8) is 0 Å². The smallest absolute Gasteiger partial charge is 0.321 e. The second kappa shape index (κ2) is 9.03. The zero-order valence-corrected chi connectivity index (χ0v) is 22.1. The number of nitrogens with one attached hydrogen (secondary N) is 2. The zero-order chi connectivity index (χ0) is 26.7. The van der Waals surface area contributed by atoms with E-state index in [9.17, 15) is 4.79 Å². The van der Waals surface area contributed by atoms with Crippen molar-refractivity contribution in [2.75, 3.05) is 31.7 Å². The Morgan fingerprint density at radius 2 is 2.10 bits per heavy atom. The third kappa shape index (κ3) is 4.02. The molecule has 2 N–H and O–H groups in total. The van der Waals surface area contributed by atoms with Gasteiger partial charge in [0, 0.05) is 36.7 Å². The molecule has 5 aliphatic rings. The Morgan fingerprint density at radius 1 is 1.28 bits per heavy atom. The number of aromatic nitrogens is 6. The highest BCUT2D eigenvalue weighted by atomic mass is 16.5. The van der Waals surface area contributed by atoms with Crippen LogP contribution in [-0.4, -0.2) is 68.4 Å². The molecule has 0 unspecified atom stereocenters. The lowest BCUT2D eigenvalue weighted by atomic mass is 9.43.